The summed E-state index contributed by atoms with van der Waals surface area (Å²) in [7, 11) is 0. The lowest BCUT2D eigenvalue weighted by Gasteiger charge is -2.14. The number of rotatable bonds is 9. The van der Waals surface area contributed by atoms with Crippen molar-refractivity contribution in [2.24, 2.45) is 0 Å². The molecule has 0 unspecified atom stereocenters. The highest BCUT2D eigenvalue weighted by atomic mass is 35.5. The average molecular weight is 495 g/mol. The van der Waals surface area contributed by atoms with E-state index in [1.807, 2.05) is 56.3 Å². The summed E-state index contributed by atoms with van der Waals surface area (Å²) in [5, 5.41) is 13.4. The first kappa shape index (κ1) is 25.2. The minimum absolute atomic E-state index is 0.00490. The van der Waals surface area contributed by atoms with Gasteiger partial charge in [-0.15, -0.1) is 0 Å². The second-order valence-corrected chi connectivity index (χ2v) is 8.27. The van der Waals surface area contributed by atoms with Crippen LogP contribution in [0.15, 0.2) is 72.3 Å². The maximum absolute atomic E-state index is 12.7. The quantitative estimate of drug-likeness (QED) is 0.263. The van der Waals surface area contributed by atoms with Crippen LogP contribution in [0.3, 0.4) is 0 Å². The predicted molar refractivity (Wildman–Crippen MR) is 135 cm³/mol. The molecule has 174 valence electrons. The third-order valence-electron chi connectivity index (χ3n) is 4.97. The van der Waals surface area contributed by atoms with Gasteiger partial charge in [-0.2, -0.15) is 5.26 Å². The largest absolute Gasteiger partial charge is 0.490 e. The first-order chi connectivity index (χ1) is 16.4. The summed E-state index contributed by atoms with van der Waals surface area (Å²) in [5.74, 6) is 0.592. The third-order valence-corrected chi connectivity index (χ3v) is 5.71. The lowest BCUT2D eigenvalue weighted by molar-refractivity contribution is -0.117. The summed E-state index contributed by atoms with van der Waals surface area (Å²) < 4.78 is 11.6. The smallest absolute Gasteiger partial charge is 0.262 e. The minimum atomic E-state index is -0.447. The Hall–Kier alpha value is -3.46. The second kappa shape index (κ2) is 12.1. The highest BCUT2D eigenvalue weighted by Gasteiger charge is 2.15. The number of halogens is 2. The van der Waals surface area contributed by atoms with Gasteiger partial charge in [0.15, 0.2) is 11.5 Å². The van der Waals surface area contributed by atoms with Crippen molar-refractivity contribution in [3.05, 3.63) is 99.0 Å². The Morgan fingerprint density at radius 1 is 1.03 bits per heavy atom. The Balaban J connectivity index is 1.75. The fraction of sp³-hybridized carbons (Fsp3) is 0.185. The van der Waals surface area contributed by atoms with Gasteiger partial charge >= 0.3 is 0 Å². The van der Waals surface area contributed by atoms with Crippen LogP contribution < -0.4 is 14.8 Å². The van der Waals surface area contributed by atoms with Crippen molar-refractivity contribution in [3.8, 4) is 17.6 Å². The highest BCUT2D eigenvalue weighted by molar-refractivity contribution is 6.42. The van der Waals surface area contributed by atoms with Gasteiger partial charge in [-0.05, 0) is 60.9 Å². The Labute approximate surface area is 209 Å². The molecule has 0 aliphatic rings. The molecule has 34 heavy (non-hydrogen) atoms. The molecule has 0 aliphatic heterocycles. The van der Waals surface area contributed by atoms with E-state index in [1.165, 1.54) is 6.08 Å². The van der Waals surface area contributed by atoms with Crippen molar-refractivity contribution in [3.63, 3.8) is 0 Å². The molecule has 0 bridgehead atoms. The number of nitrogens with zero attached hydrogens (tertiary/aromatic N) is 1. The molecule has 0 radical (unpaired) electrons. The molecule has 7 heteroatoms. The molecule has 5 nitrogen and oxygen atoms in total. The Kier molecular flexibility index (Phi) is 8.98. The van der Waals surface area contributed by atoms with E-state index in [4.69, 9.17) is 32.7 Å². The number of hydrogen-bond donors (Lipinski definition) is 1. The zero-order chi connectivity index (χ0) is 24.5. The summed E-state index contributed by atoms with van der Waals surface area (Å²) in [6.45, 7) is 4.44. The zero-order valence-electron chi connectivity index (χ0n) is 18.8. The van der Waals surface area contributed by atoms with Gasteiger partial charge in [0, 0.05) is 0 Å². The molecular weight excluding hydrogens is 471 g/mol. The summed E-state index contributed by atoms with van der Waals surface area (Å²) in [4.78, 5) is 12.7. The van der Waals surface area contributed by atoms with Gasteiger partial charge in [-0.1, -0.05) is 65.7 Å². The zero-order valence-corrected chi connectivity index (χ0v) is 20.4. The summed E-state index contributed by atoms with van der Waals surface area (Å²) in [5.41, 5.74) is 2.45. The fourth-order valence-electron chi connectivity index (χ4n) is 3.21. The SMILES string of the molecule is CCOc1cc(/C=C(\C#N)C(=O)N[C@H](C)c2ccccc2)ccc1OCc1ccc(Cl)c(Cl)c1. The normalized spacial score (nSPS) is 11.9. The van der Waals surface area contributed by atoms with E-state index in [0.717, 1.165) is 11.1 Å². The summed E-state index contributed by atoms with van der Waals surface area (Å²) in [6, 6.07) is 21.8. The van der Waals surface area contributed by atoms with Crippen LogP contribution in [0.1, 0.15) is 36.6 Å². The average Bonchev–Trinajstić information content (AvgIpc) is 2.84. The van der Waals surface area contributed by atoms with Gasteiger partial charge < -0.3 is 14.8 Å². The maximum Gasteiger partial charge on any atom is 0.262 e. The number of nitriles is 1. The first-order valence-electron chi connectivity index (χ1n) is 10.7. The Morgan fingerprint density at radius 3 is 2.47 bits per heavy atom. The number of hydrogen-bond acceptors (Lipinski definition) is 4. The van der Waals surface area contributed by atoms with Crippen LogP contribution in [0.5, 0.6) is 11.5 Å². The van der Waals surface area contributed by atoms with Gasteiger partial charge in [0.25, 0.3) is 5.91 Å². The van der Waals surface area contributed by atoms with E-state index in [9.17, 15) is 10.1 Å². The van der Waals surface area contributed by atoms with E-state index in [0.29, 0.717) is 33.7 Å². The van der Waals surface area contributed by atoms with Crippen LogP contribution in [-0.2, 0) is 11.4 Å². The second-order valence-electron chi connectivity index (χ2n) is 7.45. The van der Waals surface area contributed by atoms with E-state index in [-0.39, 0.29) is 18.2 Å². The molecule has 1 N–H and O–H groups in total. The first-order valence-corrected chi connectivity index (χ1v) is 11.5. The summed E-state index contributed by atoms with van der Waals surface area (Å²) in [6.07, 6.45) is 1.53. The molecule has 1 atom stereocenters. The molecule has 0 spiro atoms. The number of amides is 1. The van der Waals surface area contributed by atoms with Crippen molar-refractivity contribution in [2.75, 3.05) is 6.61 Å². The molecule has 3 aromatic rings. The lowest BCUT2D eigenvalue weighted by Crippen LogP contribution is -2.27. The van der Waals surface area contributed by atoms with Crippen LogP contribution in [0.2, 0.25) is 10.0 Å². The number of ether oxygens (including phenoxy) is 2. The molecule has 0 fully saturated rings. The number of benzene rings is 3. The van der Waals surface area contributed by atoms with Crippen molar-refractivity contribution in [1.29, 1.82) is 5.26 Å². The van der Waals surface area contributed by atoms with Crippen LogP contribution in [0.4, 0.5) is 0 Å². The molecular formula is C27H24Cl2N2O3. The molecule has 1 amide bonds. The molecule has 0 saturated carbocycles. The monoisotopic (exact) mass is 494 g/mol. The number of nitrogens with one attached hydrogen (secondary N) is 1. The van der Waals surface area contributed by atoms with Crippen molar-refractivity contribution < 1.29 is 14.3 Å². The predicted octanol–water partition coefficient (Wildman–Crippen LogP) is 6.76. The lowest BCUT2D eigenvalue weighted by atomic mass is 10.1. The molecule has 0 aliphatic carbocycles. The van der Waals surface area contributed by atoms with Crippen LogP contribution in [0.25, 0.3) is 6.08 Å². The number of carbonyl (C=O) groups is 1. The Bertz CT molecular complexity index is 1220. The highest BCUT2D eigenvalue weighted by Crippen LogP contribution is 2.31. The van der Waals surface area contributed by atoms with Gasteiger partial charge in [0.05, 0.1) is 22.7 Å². The Morgan fingerprint density at radius 2 is 1.79 bits per heavy atom. The fourth-order valence-corrected chi connectivity index (χ4v) is 3.53. The van der Waals surface area contributed by atoms with E-state index >= 15 is 0 Å². The molecule has 3 rings (SSSR count). The van der Waals surface area contributed by atoms with E-state index in [1.54, 1.807) is 30.3 Å². The molecule has 0 saturated heterocycles. The van der Waals surface area contributed by atoms with Gasteiger partial charge in [-0.3, -0.25) is 4.79 Å². The van der Waals surface area contributed by atoms with Crippen molar-refractivity contribution in [2.45, 2.75) is 26.5 Å². The third kappa shape index (κ3) is 6.77. The van der Waals surface area contributed by atoms with Gasteiger partial charge in [0.2, 0.25) is 0 Å². The van der Waals surface area contributed by atoms with Gasteiger partial charge in [0.1, 0.15) is 18.2 Å². The van der Waals surface area contributed by atoms with Crippen molar-refractivity contribution in [1.82, 2.24) is 5.32 Å². The van der Waals surface area contributed by atoms with Crippen LogP contribution in [0, 0.1) is 11.3 Å². The summed E-state index contributed by atoms with van der Waals surface area (Å²) >= 11 is 12.0. The van der Waals surface area contributed by atoms with Gasteiger partial charge in [-0.25, -0.2) is 0 Å². The van der Waals surface area contributed by atoms with Crippen molar-refractivity contribution >= 4 is 35.2 Å². The topological polar surface area (TPSA) is 71.3 Å². The van der Waals surface area contributed by atoms with Crippen LogP contribution >= 0.6 is 23.2 Å². The molecule has 0 heterocycles. The molecule has 0 aromatic heterocycles. The van der Waals surface area contributed by atoms with E-state index in [2.05, 4.69) is 5.32 Å². The minimum Gasteiger partial charge on any atom is -0.490 e. The maximum atomic E-state index is 12.7. The number of carbonyl (C=O) groups excluding carboxylic acids is 1. The molecule has 3 aromatic carbocycles. The van der Waals surface area contributed by atoms with Crippen LogP contribution in [-0.4, -0.2) is 12.5 Å². The standard InChI is InChI=1S/C27H24Cl2N2O3/c1-3-33-26-15-19(10-12-25(26)34-17-20-9-11-23(28)24(29)14-20)13-22(16-30)27(32)31-18(2)21-7-5-4-6-8-21/h4-15,18H,3,17H2,1-2H3,(H,31,32)/b22-13+/t18-/m1/s1. The van der Waals surface area contributed by atoms with E-state index < -0.39 is 5.91 Å².